The van der Waals surface area contributed by atoms with Gasteiger partial charge in [-0.15, -0.1) is 22.7 Å². The number of rotatable bonds is 4. The zero-order valence-electron chi connectivity index (χ0n) is 27.0. The number of thiophene rings is 2. The number of furan rings is 1. The van der Waals surface area contributed by atoms with Gasteiger partial charge in [-0.25, -0.2) is 15.0 Å². The summed E-state index contributed by atoms with van der Waals surface area (Å²) in [5.74, 6) is 1.87. The number of nitrogens with zero attached hydrogens (tertiary/aromatic N) is 3. The molecule has 0 saturated carbocycles. The summed E-state index contributed by atoms with van der Waals surface area (Å²) in [6, 6.07) is 53.2. The quantitative estimate of drug-likeness (QED) is 0.185. The van der Waals surface area contributed by atoms with E-state index in [2.05, 4.69) is 121 Å². The predicted molar refractivity (Wildman–Crippen MR) is 215 cm³/mol. The van der Waals surface area contributed by atoms with Gasteiger partial charge in [0, 0.05) is 73.4 Å². The van der Waals surface area contributed by atoms with Crippen LogP contribution in [0.2, 0.25) is 0 Å². The lowest BCUT2D eigenvalue weighted by Gasteiger charge is -2.11. The van der Waals surface area contributed by atoms with Gasteiger partial charge in [-0.05, 0) is 66.2 Å². The Balaban J connectivity index is 1.16. The fourth-order valence-corrected chi connectivity index (χ4v) is 9.52. The summed E-state index contributed by atoms with van der Waals surface area (Å²) in [7, 11) is 0. The van der Waals surface area contributed by atoms with Crippen LogP contribution in [0.3, 0.4) is 0 Å². The molecule has 0 N–H and O–H groups in total. The highest BCUT2D eigenvalue weighted by Gasteiger charge is 2.21. The van der Waals surface area contributed by atoms with E-state index in [0.29, 0.717) is 17.5 Å². The molecule has 0 amide bonds. The first-order valence-corrected chi connectivity index (χ1v) is 18.5. The number of fused-ring (bicyclic) bond motifs is 9. The lowest BCUT2D eigenvalue weighted by Crippen LogP contribution is -2.00. The molecular formula is C45H25N3OS2. The maximum Gasteiger partial charge on any atom is 0.164 e. The summed E-state index contributed by atoms with van der Waals surface area (Å²) in [5, 5.41) is 7.00. The minimum atomic E-state index is 0.608. The van der Waals surface area contributed by atoms with E-state index >= 15 is 0 Å². The van der Waals surface area contributed by atoms with Crippen LogP contribution < -0.4 is 0 Å². The van der Waals surface area contributed by atoms with Gasteiger partial charge in [-0.2, -0.15) is 0 Å². The number of benzene rings is 7. The molecule has 0 saturated heterocycles. The Kier molecular flexibility index (Phi) is 6.26. The summed E-state index contributed by atoms with van der Waals surface area (Å²) in [6.07, 6.45) is 0. The van der Waals surface area contributed by atoms with Gasteiger partial charge in [0.15, 0.2) is 17.5 Å². The lowest BCUT2D eigenvalue weighted by molar-refractivity contribution is 0.670. The first-order valence-electron chi connectivity index (χ1n) is 16.8. The molecule has 0 fully saturated rings. The van der Waals surface area contributed by atoms with E-state index in [1.165, 1.54) is 40.3 Å². The van der Waals surface area contributed by atoms with Crippen molar-refractivity contribution in [1.82, 2.24) is 15.0 Å². The molecule has 11 aromatic rings. The van der Waals surface area contributed by atoms with Gasteiger partial charge in [0.25, 0.3) is 0 Å². The Morgan fingerprint density at radius 1 is 0.373 bits per heavy atom. The molecule has 51 heavy (non-hydrogen) atoms. The second kappa shape index (κ2) is 11.2. The summed E-state index contributed by atoms with van der Waals surface area (Å²) < 4.78 is 11.8. The van der Waals surface area contributed by atoms with Crippen molar-refractivity contribution < 1.29 is 4.42 Å². The smallest absolute Gasteiger partial charge is 0.164 e. The maximum absolute atomic E-state index is 6.72. The molecule has 0 spiro atoms. The highest BCUT2D eigenvalue weighted by atomic mass is 32.1. The molecule has 6 heteroatoms. The second-order valence-corrected chi connectivity index (χ2v) is 14.9. The molecule has 0 unspecified atom stereocenters. The first kappa shape index (κ1) is 28.6. The van der Waals surface area contributed by atoms with Crippen LogP contribution in [-0.2, 0) is 0 Å². The maximum atomic E-state index is 6.72. The zero-order chi connectivity index (χ0) is 33.5. The third-order valence-corrected chi connectivity index (χ3v) is 12.1. The Labute approximate surface area is 299 Å². The second-order valence-electron chi connectivity index (χ2n) is 12.8. The standard InChI is InChI=1S/C45H25N3OS2/c1-2-10-26(11-3-1)43-46-44(28-19-23-40-35(25-28)31-13-6-9-17-38(31)51-40)48-45(47-43)33-21-20-29(42-41(33)32-14-4-7-15-36(32)49-42)27-18-22-39-34(24-27)30-12-5-8-16-37(30)50-39/h1-25H. The van der Waals surface area contributed by atoms with Crippen molar-refractivity contribution in [1.29, 1.82) is 0 Å². The fourth-order valence-electron chi connectivity index (χ4n) is 7.34. The molecule has 0 aliphatic carbocycles. The summed E-state index contributed by atoms with van der Waals surface area (Å²) in [4.78, 5) is 15.4. The SMILES string of the molecule is c1ccc(-c2nc(-c3ccc4sc5ccccc5c4c3)nc(-c3ccc(-c4ccc5sc6ccccc6c5c4)c4oc5ccccc5c34)n2)cc1. The van der Waals surface area contributed by atoms with Crippen LogP contribution in [0.25, 0.3) is 108 Å². The normalized spacial score (nSPS) is 11.9. The van der Waals surface area contributed by atoms with E-state index in [1.54, 1.807) is 11.3 Å². The molecule has 4 aromatic heterocycles. The molecule has 4 heterocycles. The van der Waals surface area contributed by atoms with E-state index < -0.39 is 0 Å². The molecule has 0 aliphatic rings. The third-order valence-electron chi connectivity index (χ3n) is 9.76. The van der Waals surface area contributed by atoms with Crippen LogP contribution in [0, 0.1) is 0 Å². The Hall–Kier alpha value is -6.21. The molecule has 0 aliphatic heterocycles. The largest absolute Gasteiger partial charge is 0.455 e. The van der Waals surface area contributed by atoms with E-state index in [1.807, 2.05) is 41.7 Å². The zero-order valence-corrected chi connectivity index (χ0v) is 28.6. The van der Waals surface area contributed by atoms with Crippen LogP contribution in [0.4, 0.5) is 0 Å². The van der Waals surface area contributed by atoms with Crippen LogP contribution in [0.1, 0.15) is 0 Å². The molecule has 7 aromatic carbocycles. The molecule has 238 valence electrons. The molecule has 4 nitrogen and oxygen atoms in total. The van der Waals surface area contributed by atoms with Gasteiger partial charge in [0.1, 0.15) is 11.2 Å². The van der Waals surface area contributed by atoms with Gasteiger partial charge in [0.2, 0.25) is 0 Å². The number of aromatic nitrogens is 3. The summed E-state index contributed by atoms with van der Waals surface area (Å²) in [6.45, 7) is 0. The average Bonchev–Trinajstić information content (AvgIpc) is 3.89. The van der Waals surface area contributed by atoms with Gasteiger partial charge in [0.05, 0.1) is 0 Å². The van der Waals surface area contributed by atoms with E-state index in [4.69, 9.17) is 19.4 Å². The molecule has 0 radical (unpaired) electrons. The van der Waals surface area contributed by atoms with Crippen molar-refractivity contribution in [2.24, 2.45) is 0 Å². The third kappa shape index (κ3) is 4.54. The first-order chi connectivity index (χ1) is 25.2. The number of hydrogen-bond acceptors (Lipinski definition) is 6. The molecular weight excluding hydrogens is 663 g/mol. The summed E-state index contributed by atoms with van der Waals surface area (Å²) in [5.41, 5.74) is 6.59. The number of hydrogen-bond donors (Lipinski definition) is 0. The monoisotopic (exact) mass is 687 g/mol. The Morgan fingerprint density at radius 2 is 0.902 bits per heavy atom. The van der Waals surface area contributed by atoms with Crippen molar-refractivity contribution in [3.05, 3.63) is 152 Å². The van der Waals surface area contributed by atoms with Crippen molar-refractivity contribution in [2.45, 2.75) is 0 Å². The topological polar surface area (TPSA) is 51.8 Å². The van der Waals surface area contributed by atoms with Crippen LogP contribution in [0.5, 0.6) is 0 Å². The van der Waals surface area contributed by atoms with E-state index in [-0.39, 0.29) is 0 Å². The van der Waals surface area contributed by atoms with Crippen molar-refractivity contribution >= 4 is 85.0 Å². The van der Waals surface area contributed by atoms with Crippen molar-refractivity contribution in [2.75, 3.05) is 0 Å². The predicted octanol–water partition coefficient (Wildman–Crippen LogP) is 13.2. The minimum absolute atomic E-state index is 0.608. The minimum Gasteiger partial charge on any atom is -0.455 e. The van der Waals surface area contributed by atoms with Gasteiger partial charge >= 0.3 is 0 Å². The van der Waals surface area contributed by atoms with Crippen LogP contribution in [0.15, 0.2) is 156 Å². The van der Waals surface area contributed by atoms with Crippen LogP contribution in [-0.4, -0.2) is 15.0 Å². The summed E-state index contributed by atoms with van der Waals surface area (Å²) >= 11 is 3.63. The highest BCUT2D eigenvalue weighted by Crippen LogP contribution is 2.44. The highest BCUT2D eigenvalue weighted by molar-refractivity contribution is 7.26. The van der Waals surface area contributed by atoms with Crippen molar-refractivity contribution in [3.8, 4) is 45.3 Å². The Morgan fingerprint density at radius 3 is 1.63 bits per heavy atom. The molecule has 0 atom stereocenters. The Bertz CT molecular complexity index is 3160. The molecule has 11 rings (SSSR count). The van der Waals surface area contributed by atoms with Crippen molar-refractivity contribution in [3.63, 3.8) is 0 Å². The van der Waals surface area contributed by atoms with Gasteiger partial charge < -0.3 is 4.42 Å². The van der Waals surface area contributed by atoms with Gasteiger partial charge in [-0.3, -0.25) is 0 Å². The lowest BCUT2D eigenvalue weighted by atomic mass is 9.97. The van der Waals surface area contributed by atoms with E-state index in [0.717, 1.165) is 49.8 Å². The van der Waals surface area contributed by atoms with Gasteiger partial charge in [-0.1, -0.05) is 91.0 Å². The van der Waals surface area contributed by atoms with E-state index in [9.17, 15) is 0 Å². The fraction of sp³-hybridized carbons (Fsp3) is 0. The molecule has 0 bridgehead atoms. The van der Waals surface area contributed by atoms with Crippen LogP contribution >= 0.6 is 22.7 Å². The average molecular weight is 688 g/mol. The number of para-hydroxylation sites is 1.